The maximum absolute atomic E-state index is 12.9. The number of benzene rings is 3. The van der Waals surface area contributed by atoms with E-state index in [2.05, 4.69) is 29.8 Å². The van der Waals surface area contributed by atoms with E-state index in [1.54, 1.807) is 36.4 Å². The zero-order chi connectivity index (χ0) is 26.6. The van der Waals surface area contributed by atoms with E-state index in [4.69, 9.17) is 0 Å². The molecule has 0 bridgehead atoms. The summed E-state index contributed by atoms with van der Waals surface area (Å²) in [4.78, 5) is 40.0. The highest BCUT2D eigenvalue weighted by Gasteiger charge is 2.15. The largest absolute Gasteiger partial charge is 0.376 e. The standard InChI is InChI=1S/C30H36N4O3/c1-4-17-34(18-5-2)30(37)25-14-10-15-26(20-25)31-21-28(35)33-27-16-9-13-24(19-27)29(36)32-22(3)23-11-7-6-8-12-23/h6-16,19-20,22,31H,4-5,17-18,21H2,1-3H3,(H,32,36)(H,33,35). The molecule has 0 aliphatic carbocycles. The second-order valence-corrected chi connectivity index (χ2v) is 8.96. The van der Waals surface area contributed by atoms with Crippen molar-refractivity contribution in [2.45, 2.75) is 39.7 Å². The molecule has 3 rings (SSSR count). The average Bonchev–Trinajstić information content (AvgIpc) is 2.92. The summed E-state index contributed by atoms with van der Waals surface area (Å²) in [5.41, 5.74) is 3.29. The molecule has 3 aromatic carbocycles. The van der Waals surface area contributed by atoms with Gasteiger partial charge >= 0.3 is 0 Å². The normalized spacial score (nSPS) is 11.3. The first-order chi connectivity index (χ1) is 17.9. The summed E-state index contributed by atoms with van der Waals surface area (Å²) in [6, 6.07) is 23.6. The highest BCUT2D eigenvalue weighted by Crippen LogP contribution is 2.16. The van der Waals surface area contributed by atoms with E-state index in [1.807, 2.05) is 54.3 Å². The van der Waals surface area contributed by atoms with Gasteiger partial charge in [-0.1, -0.05) is 56.3 Å². The highest BCUT2D eigenvalue weighted by molar-refractivity contribution is 5.98. The van der Waals surface area contributed by atoms with Crippen LogP contribution in [0.1, 0.15) is 65.9 Å². The number of hydrogen-bond acceptors (Lipinski definition) is 4. The predicted octanol–water partition coefficient (Wildman–Crippen LogP) is 5.49. The van der Waals surface area contributed by atoms with Crippen LogP contribution in [0.3, 0.4) is 0 Å². The van der Waals surface area contributed by atoms with Gasteiger partial charge in [0.15, 0.2) is 0 Å². The van der Waals surface area contributed by atoms with Gasteiger partial charge in [0.2, 0.25) is 5.91 Å². The summed E-state index contributed by atoms with van der Waals surface area (Å²) >= 11 is 0. The van der Waals surface area contributed by atoms with Gasteiger partial charge in [-0.05, 0) is 61.7 Å². The summed E-state index contributed by atoms with van der Waals surface area (Å²) in [7, 11) is 0. The van der Waals surface area contributed by atoms with Crippen molar-refractivity contribution < 1.29 is 14.4 Å². The Kier molecular flexibility index (Phi) is 10.3. The van der Waals surface area contributed by atoms with Crippen molar-refractivity contribution >= 4 is 29.1 Å². The molecule has 7 nitrogen and oxygen atoms in total. The van der Waals surface area contributed by atoms with Gasteiger partial charge in [0.05, 0.1) is 12.6 Å². The second-order valence-electron chi connectivity index (χ2n) is 8.96. The molecule has 0 spiro atoms. The van der Waals surface area contributed by atoms with Gasteiger partial charge in [-0.2, -0.15) is 0 Å². The quantitative estimate of drug-likeness (QED) is 0.307. The minimum atomic E-state index is -0.259. The average molecular weight is 501 g/mol. The Bertz CT molecular complexity index is 1190. The van der Waals surface area contributed by atoms with E-state index in [-0.39, 0.29) is 30.3 Å². The van der Waals surface area contributed by atoms with E-state index < -0.39 is 0 Å². The molecule has 7 heteroatoms. The van der Waals surface area contributed by atoms with Gasteiger partial charge in [0.25, 0.3) is 11.8 Å². The van der Waals surface area contributed by atoms with Crippen molar-refractivity contribution in [3.8, 4) is 0 Å². The zero-order valence-electron chi connectivity index (χ0n) is 21.8. The van der Waals surface area contributed by atoms with Crippen LogP contribution in [0.5, 0.6) is 0 Å². The summed E-state index contributed by atoms with van der Waals surface area (Å²) in [5.74, 6) is -0.480. The van der Waals surface area contributed by atoms with Crippen molar-refractivity contribution in [2.75, 3.05) is 30.3 Å². The van der Waals surface area contributed by atoms with Crippen LogP contribution in [-0.4, -0.2) is 42.3 Å². The molecule has 0 heterocycles. The summed E-state index contributed by atoms with van der Waals surface area (Å²) in [6.07, 6.45) is 1.80. The molecule has 1 unspecified atom stereocenters. The molecule has 3 amide bonds. The third-order valence-corrected chi connectivity index (χ3v) is 5.89. The maximum atomic E-state index is 12.9. The first-order valence-electron chi connectivity index (χ1n) is 12.8. The lowest BCUT2D eigenvalue weighted by molar-refractivity contribution is -0.114. The van der Waals surface area contributed by atoms with Crippen LogP contribution in [0, 0.1) is 0 Å². The van der Waals surface area contributed by atoms with Gasteiger partial charge in [-0.25, -0.2) is 0 Å². The molecule has 0 aromatic heterocycles. The van der Waals surface area contributed by atoms with E-state index in [9.17, 15) is 14.4 Å². The molecule has 37 heavy (non-hydrogen) atoms. The summed E-state index contributed by atoms with van der Waals surface area (Å²) in [5, 5.41) is 8.89. The van der Waals surface area contributed by atoms with Crippen LogP contribution >= 0.6 is 0 Å². The molecule has 0 aliphatic heterocycles. The van der Waals surface area contributed by atoms with E-state index in [0.717, 1.165) is 31.5 Å². The Morgan fingerprint density at radius 2 is 1.41 bits per heavy atom. The van der Waals surface area contributed by atoms with Gasteiger partial charge in [-0.3, -0.25) is 14.4 Å². The number of anilines is 2. The second kappa shape index (κ2) is 13.8. The number of nitrogens with zero attached hydrogens (tertiary/aromatic N) is 1. The van der Waals surface area contributed by atoms with Crippen LogP contribution < -0.4 is 16.0 Å². The van der Waals surface area contributed by atoms with Gasteiger partial charge in [-0.15, -0.1) is 0 Å². The Balaban J connectivity index is 1.56. The number of carbonyl (C=O) groups excluding carboxylic acids is 3. The van der Waals surface area contributed by atoms with Crippen molar-refractivity contribution in [1.29, 1.82) is 0 Å². The fourth-order valence-electron chi connectivity index (χ4n) is 4.03. The Morgan fingerprint density at radius 1 is 0.784 bits per heavy atom. The summed E-state index contributed by atoms with van der Waals surface area (Å²) < 4.78 is 0. The van der Waals surface area contributed by atoms with E-state index in [1.165, 1.54) is 0 Å². The molecule has 0 aliphatic rings. The lowest BCUT2D eigenvalue weighted by atomic mass is 10.1. The SMILES string of the molecule is CCCN(CCC)C(=O)c1cccc(NCC(=O)Nc2cccc(C(=O)NC(C)c3ccccc3)c2)c1. The van der Waals surface area contributed by atoms with Crippen LogP contribution in [0.15, 0.2) is 78.9 Å². The smallest absolute Gasteiger partial charge is 0.253 e. The van der Waals surface area contributed by atoms with Crippen molar-refractivity contribution in [3.63, 3.8) is 0 Å². The minimum absolute atomic E-state index is 0.00604. The predicted molar refractivity (Wildman–Crippen MR) is 149 cm³/mol. The van der Waals surface area contributed by atoms with Crippen molar-refractivity contribution in [1.82, 2.24) is 10.2 Å². The lowest BCUT2D eigenvalue weighted by Gasteiger charge is -2.21. The van der Waals surface area contributed by atoms with Crippen LogP contribution in [-0.2, 0) is 4.79 Å². The fraction of sp³-hybridized carbons (Fsp3) is 0.300. The number of carbonyl (C=O) groups is 3. The highest BCUT2D eigenvalue weighted by atomic mass is 16.2. The third kappa shape index (κ3) is 8.20. The van der Waals surface area contributed by atoms with Gasteiger partial charge in [0.1, 0.15) is 0 Å². The van der Waals surface area contributed by atoms with Crippen molar-refractivity contribution in [3.05, 3.63) is 95.6 Å². The summed E-state index contributed by atoms with van der Waals surface area (Å²) in [6.45, 7) is 7.49. The molecule has 0 fully saturated rings. The Morgan fingerprint density at radius 3 is 2.08 bits per heavy atom. The molecule has 0 saturated carbocycles. The number of nitrogens with one attached hydrogen (secondary N) is 3. The number of hydrogen-bond donors (Lipinski definition) is 3. The molecular formula is C30H36N4O3. The number of amides is 3. The first kappa shape index (κ1) is 27.5. The first-order valence-corrected chi connectivity index (χ1v) is 12.8. The molecule has 3 aromatic rings. The van der Waals surface area contributed by atoms with Gasteiger partial charge in [0, 0.05) is 35.6 Å². The monoisotopic (exact) mass is 500 g/mol. The number of rotatable bonds is 12. The Hall–Kier alpha value is -4.13. The fourth-order valence-corrected chi connectivity index (χ4v) is 4.03. The zero-order valence-corrected chi connectivity index (χ0v) is 21.8. The topological polar surface area (TPSA) is 90.5 Å². The van der Waals surface area contributed by atoms with Crippen LogP contribution in [0.25, 0.3) is 0 Å². The Labute approximate surface area is 219 Å². The molecule has 1 atom stereocenters. The van der Waals surface area contributed by atoms with E-state index >= 15 is 0 Å². The van der Waals surface area contributed by atoms with Crippen molar-refractivity contribution in [2.24, 2.45) is 0 Å². The molecule has 194 valence electrons. The van der Waals surface area contributed by atoms with Crippen LogP contribution in [0.4, 0.5) is 11.4 Å². The molecule has 0 radical (unpaired) electrons. The molecular weight excluding hydrogens is 464 g/mol. The van der Waals surface area contributed by atoms with Gasteiger partial charge < -0.3 is 20.9 Å². The maximum Gasteiger partial charge on any atom is 0.253 e. The molecule has 3 N–H and O–H groups in total. The third-order valence-electron chi connectivity index (χ3n) is 5.89. The van der Waals surface area contributed by atoms with E-state index in [0.29, 0.717) is 22.5 Å². The molecule has 0 saturated heterocycles. The van der Waals surface area contributed by atoms with Crippen LogP contribution in [0.2, 0.25) is 0 Å². The lowest BCUT2D eigenvalue weighted by Crippen LogP contribution is -2.32. The minimum Gasteiger partial charge on any atom is -0.376 e.